The van der Waals surface area contributed by atoms with Crippen molar-refractivity contribution in [2.45, 2.75) is 57.4 Å². The molecule has 1 aliphatic rings. The van der Waals surface area contributed by atoms with Gasteiger partial charge < -0.3 is 5.73 Å². The molecule has 1 saturated carbocycles. The number of nitrogens with two attached hydrogens (primary N) is 1. The number of aryl methyl sites for hydroxylation is 1. The minimum atomic E-state index is -0.302. The van der Waals surface area contributed by atoms with Gasteiger partial charge in [0.2, 0.25) is 0 Å². The smallest absolute Gasteiger partial charge is 0.139 e. The normalized spacial score (nSPS) is 18.3. The highest BCUT2D eigenvalue weighted by atomic mass is 19.1. The molecule has 104 valence electrons. The fourth-order valence-corrected chi connectivity index (χ4v) is 2.96. The highest BCUT2D eigenvalue weighted by Crippen LogP contribution is 2.29. The molecule has 0 radical (unpaired) electrons. The van der Waals surface area contributed by atoms with E-state index in [9.17, 15) is 9.18 Å². The van der Waals surface area contributed by atoms with E-state index in [0.29, 0.717) is 12.8 Å². The van der Waals surface area contributed by atoms with Gasteiger partial charge in [-0.1, -0.05) is 25.3 Å². The fraction of sp³-hybridized carbons (Fsp3) is 0.562. The molecule has 2 nitrogen and oxygen atoms in total. The highest BCUT2D eigenvalue weighted by Gasteiger charge is 2.29. The Labute approximate surface area is 114 Å². The Morgan fingerprint density at radius 1 is 1.32 bits per heavy atom. The summed E-state index contributed by atoms with van der Waals surface area (Å²) in [5.41, 5.74) is 7.74. The number of Topliss-reactive ketones (excluding diaryl/α,β-unsaturated/α-hetero) is 1. The van der Waals surface area contributed by atoms with E-state index in [1.165, 1.54) is 18.6 Å². The van der Waals surface area contributed by atoms with E-state index < -0.39 is 0 Å². The van der Waals surface area contributed by atoms with Crippen molar-refractivity contribution >= 4 is 5.78 Å². The summed E-state index contributed by atoms with van der Waals surface area (Å²) < 4.78 is 13.0. The SMILES string of the molecule is Cc1cc(F)ccc1CC(=O)CC1(N)CCCCC1. The lowest BCUT2D eigenvalue weighted by Crippen LogP contribution is -2.43. The lowest BCUT2D eigenvalue weighted by Gasteiger charge is -2.32. The topological polar surface area (TPSA) is 43.1 Å². The van der Waals surface area contributed by atoms with Crippen LogP contribution >= 0.6 is 0 Å². The second-order valence-electron chi connectivity index (χ2n) is 5.89. The maximum atomic E-state index is 13.0. The van der Waals surface area contributed by atoms with Crippen LogP contribution in [0.2, 0.25) is 0 Å². The highest BCUT2D eigenvalue weighted by molar-refractivity contribution is 5.82. The molecule has 0 atom stereocenters. The number of carbonyl (C=O) groups is 1. The van der Waals surface area contributed by atoms with Crippen molar-refractivity contribution in [3.05, 3.63) is 35.1 Å². The average molecular weight is 263 g/mol. The van der Waals surface area contributed by atoms with Crippen LogP contribution in [0, 0.1) is 12.7 Å². The molecule has 0 bridgehead atoms. The molecule has 0 aliphatic heterocycles. The molecule has 1 aromatic rings. The summed E-state index contributed by atoms with van der Waals surface area (Å²) >= 11 is 0. The molecular weight excluding hydrogens is 241 g/mol. The summed E-state index contributed by atoms with van der Waals surface area (Å²) in [7, 11) is 0. The number of hydrogen-bond acceptors (Lipinski definition) is 2. The minimum absolute atomic E-state index is 0.166. The standard InChI is InChI=1S/C16H22FNO/c1-12-9-14(17)6-5-13(12)10-15(19)11-16(18)7-3-2-4-8-16/h5-6,9H,2-4,7-8,10-11,18H2,1H3. The first kappa shape index (κ1) is 14.2. The van der Waals surface area contributed by atoms with Crippen LogP contribution in [0.3, 0.4) is 0 Å². The van der Waals surface area contributed by atoms with Crippen molar-refractivity contribution in [1.29, 1.82) is 0 Å². The van der Waals surface area contributed by atoms with Crippen molar-refractivity contribution in [1.82, 2.24) is 0 Å². The quantitative estimate of drug-likeness (QED) is 0.905. The van der Waals surface area contributed by atoms with Gasteiger partial charge in [-0.15, -0.1) is 0 Å². The van der Waals surface area contributed by atoms with Gasteiger partial charge in [-0.05, 0) is 43.0 Å². The number of carbonyl (C=O) groups excluding carboxylic acids is 1. The number of benzene rings is 1. The molecule has 0 aromatic heterocycles. The van der Waals surface area contributed by atoms with Crippen LogP contribution in [-0.2, 0) is 11.2 Å². The third-order valence-corrected chi connectivity index (χ3v) is 4.09. The molecule has 19 heavy (non-hydrogen) atoms. The Kier molecular flexibility index (Phi) is 4.35. The second kappa shape index (κ2) is 5.83. The third kappa shape index (κ3) is 3.87. The number of rotatable bonds is 4. The second-order valence-corrected chi connectivity index (χ2v) is 5.89. The van der Waals surface area contributed by atoms with Crippen molar-refractivity contribution in [3.63, 3.8) is 0 Å². The van der Waals surface area contributed by atoms with E-state index in [-0.39, 0.29) is 17.1 Å². The number of ketones is 1. The summed E-state index contributed by atoms with van der Waals surface area (Å²) in [6, 6.07) is 4.59. The van der Waals surface area contributed by atoms with Crippen LogP contribution in [0.5, 0.6) is 0 Å². The molecule has 0 unspecified atom stereocenters. The summed E-state index contributed by atoms with van der Waals surface area (Å²) in [6.07, 6.45) is 6.18. The summed E-state index contributed by atoms with van der Waals surface area (Å²) in [5.74, 6) is -0.0876. The summed E-state index contributed by atoms with van der Waals surface area (Å²) in [4.78, 5) is 12.1. The van der Waals surface area contributed by atoms with Crippen LogP contribution < -0.4 is 5.73 Å². The van der Waals surface area contributed by atoms with Crippen LogP contribution in [0.15, 0.2) is 18.2 Å². The molecule has 1 fully saturated rings. The van der Waals surface area contributed by atoms with Gasteiger partial charge in [0.25, 0.3) is 0 Å². The first-order chi connectivity index (χ1) is 8.98. The van der Waals surface area contributed by atoms with Gasteiger partial charge >= 0.3 is 0 Å². The minimum Gasteiger partial charge on any atom is -0.325 e. The molecule has 2 N–H and O–H groups in total. The lowest BCUT2D eigenvalue weighted by molar-refractivity contribution is -0.119. The molecule has 3 heteroatoms. The molecular formula is C16H22FNO. The van der Waals surface area contributed by atoms with Crippen LogP contribution in [0.25, 0.3) is 0 Å². The number of halogens is 1. The lowest BCUT2D eigenvalue weighted by atomic mass is 9.78. The first-order valence-electron chi connectivity index (χ1n) is 7.04. The van der Waals surface area contributed by atoms with Gasteiger partial charge in [-0.25, -0.2) is 4.39 Å². The van der Waals surface area contributed by atoms with Crippen LogP contribution in [-0.4, -0.2) is 11.3 Å². The van der Waals surface area contributed by atoms with Gasteiger partial charge in [0.15, 0.2) is 0 Å². The van der Waals surface area contributed by atoms with Gasteiger partial charge in [-0.3, -0.25) is 4.79 Å². The zero-order chi connectivity index (χ0) is 13.9. The Bertz CT molecular complexity index is 464. The Balaban J connectivity index is 1.97. The third-order valence-electron chi connectivity index (χ3n) is 4.09. The maximum absolute atomic E-state index is 13.0. The molecule has 0 heterocycles. The van der Waals surface area contributed by atoms with Gasteiger partial charge in [0, 0.05) is 18.4 Å². The predicted octanol–water partition coefficient (Wildman–Crippen LogP) is 3.30. The van der Waals surface area contributed by atoms with Crippen molar-refractivity contribution < 1.29 is 9.18 Å². The molecule has 1 aromatic carbocycles. The summed E-state index contributed by atoms with van der Waals surface area (Å²) in [5, 5.41) is 0. The monoisotopic (exact) mass is 263 g/mol. The van der Waals surface area contributed by atoms with Gasteiger partial charge in [0.1, 0.15) is 11.6 Å². The summed E-state index contributed by atoms with van der Waals surface area (Å²) in [6.45, 7) is 1.84. The molecule has 2 rings (SSSR count). The molecule has 0 saturated heterocycles. The number of hydrogen-bond donors (Lipinski definition) is 1. The largest absolute Gasteiger partial charge is 0.325 e. The van der Waals surface area contributed by atoms with Crippen molar-refractivity contribution in [2.24, 2.45) is 5.73 Å². The molecule has 0 spiro atoms. The Morgan fingerprint density at radius 2 is 2.00 bits per heavy atom. The van der Waals surface area contributed by atoms with E-state index >= 15 is 0 Å². The molecule has 1 aliphatic carbocycles. The molecule has 0 amide bonds. The van der Waals surface area contributed by atoms with Crippen molar-refractivity contribution in [2.75, 3.05) is 0 Å². The fourth-order valence-electron chi connectivity index (χ4n) is 2.96. The van der Waals surface area contributed by atoms with E-state index in [4.69, 9.17) is 5.73 Å². The van der Waals surface area contributed by atoms with E-state index in [0.717, 1.165) is 36.8 Å². The van der Waals surface area contributed by atoms with Crippen LogP contribution in [0.4, 0.5) is 4.39 Å². The predicted molar refractivity (Wildman–Crippen MR) is 74.5 cm³/mol. The van der Waals surface area contributed by atoms with E-state index in [1.807, 2.05) is 6.92 Å². The average Bonchev–Trinajstić information content (AvgIpc) is 2.33. The van der Waals surface area contributed by atoms with Crippen LogP contribution in [0.1, 0.15) is 49.7 Å². The Morgan fingerprint density at radius 3 is 2.63 bits per heavy atom. The van der Waals surface area contributed by atoms with E-state index in [1.54, 1.807) is 6.07 Å². The zero-order valence-electron chi connectivity index (χ0n) is 11.5. The van der Waals surface area contributed by atoms with Gasteiger partial charge in [-0.2, -0.15) is 0 Å². The zero-order valence-corrected chi connectivity index (χ0v) is 11.5. The van der Waals surface area contributed by atoms with E-state index in [2.05, 4.69) is 0 Å². The van der Waals surface area contributed by atoms with Gasteiger partial charge in [0.05, 0.1) is 0 Å². The Hall–Kier alpha value is -1.22. The van der Waals surface area contributed by atoms with Crippen molar-refractivity contribution in [3.8, 4) is 0 Å². The first-order valence-corrected chi connectivity index (χ1v) is 7.04. The maximum Gasteiger partial charge on any atom is 0.139 e.